The van der Waals surface area contributed by atoms with Gasteiger partial charge in [0.25, 0.3) is 0 Å². The number of likely N-dealkylation sites (tertiary alicyclic amines) is 1. The molecule has 1 unspecified atom stereocenters. The fourth-order valence-electron chi connectivity index (χ4n) is 2.98. The molecule has 0 bridgehead atoms. The molecule has 4 nitrogen and oxygen atoms in total. The summed E-state index contributed by atoms with van der Waals surface area (Å²) in [6.07, 6.45) is 7.33. The lowest BCUT2D eigenvalue weighted by Gasteiger charge is -2.29. The van der Waals surface area contributed by atoms with Crippen LogP contribution in [-0.4, -0.2) is 43.7 Å². The van der Waals surface area contributed by atoms with Crippen LogP contribution in [0.1, 0.15) is 38.5 Å². The van der Waals surface area contributed by atoms with E-state index < -0.39 is 0 Å². The number of nitrogens with one attached hydrogen (secondary N) is 2. The van der Waals surface area contributed by atoms with Crippen LogP contribution in [0.15, 0.2) is 0 Å². The molecule has 1 heterocycles. The van der Waals surface area contributed by atoms with Crippen LogP contribution in [0.4, 0.5) is 4.79 Å². The molecule has 4 heteroatoms. The van der Waals surface area contributed by atoms with E-state index in [1.807, 2.05) is 0 Å². The molecule has 1 atom stereocenters. The molecule has 1 aliphatic heterocycles. The Kier molecular flexibility index (Phi) is 4.66. The Morgan fingerprint density at radius 1 is 1.24 bits per heavy atom. The summed E-state index contributed by atoms with van der Waals surface area (Å²) in [5, 5.41) is 6.09. The van der Waals surface area contributed by atoms with Crippen molar-refractivity contribution >= 4 is 6.03 Å². The van der Waals surface area contributed by atoms with Gasteiger partial charge in [0, 0.05) is 19.1 Å². The topological polar surface area (TPSA) is 44.4 Å². The number of piperidine rings is 1. The fourth-order valence-corrected chi connectivity index (χ4v) is 2.98. The molecule has 98 valence electrons. The highest BCUT2D eigenvalue weighted by Gasteiger charge is 2.19. The van der Waals surface area contributed by atoms with Crippen LogP contribution in [0, 0.1) is 5.92 Å². The number of amides is 2. The van der Waals surface area contributed by atoms with Gasteiger partial charge in [0.2, 0.25) is 0 Å². The molecule has 0 aromatic rings. The van der Waals surface area contributed by atoms with Gasteiger partial charge in [-0.1, -0.05) is 12.8 Å². The average molecular weight is 239 g/mol. The molecule has 2 N–H and O–H groups in total. The van der Waals surface area contributed by atoms with Crippen molar-refractivity contribution in [3.05, 3.63) is 0 Å². The van der Waals surface area contributed by atoms with E-state index in [0.29, 0.717) is 12.0 Å². The van der Waals surface area contributed by atoms with Gasteiger partial charge < -0.3 is 15.5 Å². The second-order valence-electron chi connectivity index (χ2n) is 5.61. The Labute approximate surface area is 104 Å². The summed E-state index contributed by atoms with van der Waals surface area (Å²) in [7, 11) is 2.16. The van der Waals surface area contributed by atoms with E-state index in [4.69, 9.17) is 0 Å². The normalized spacial score (nSPS) is 27.0. The molecule has 1 aliphatic carbocycles. The van der Waals surface area contributed by atoms with Gasteiger partial charge in [-0.2, -0.15) is 0 Å². The Morgan fingerprint density at radius 3 is 2.71 bits per heavy atom. The highest BCUT2D eigenvalue weighted by molar-refractivity contribution is 5.74. The van der Waals surface area contributed by atoms with Gasteiger partial charge in [0.1, 0.15) is 0 Å². The lowest BCUT2D eigenvalue weighted by atomic mass is 9.99. The Hall–Kier alpha value is -0.770. The molecule has 2 amide bonds. The van der Waals surface area contributed by atoms with Crippen molar-refractivity contribution in [2.45, 2.75) is 44.6 Å². The third kappa shape index (κ3) is 4.19. The smallest absolute Gasteiger partial charge is 0.315 e. The fraction of sp³-hybridized carbons (Fsp3) is 0.923. The van der Waals surface area contributed by atoms with Gasteiger partial charge in [-0.15, -0.1) is 0 Å². The van der Waals surface area contributed by atoms with E-state index >= 15 is 0 Å². The van der Waals surface area contributed by atoms with Crippen molar-refractivity contribution < 1.29 is 4.79 Å². The zero-order valence-corrected chi connectivity index (χ0v) is 10.9. The number of urea groups is 1. The van der Waals surface area contributed by atoms with Crippen LogP contribution >= 0.6 is 0 Å². The molecule has 2 fully saturated rings. The predicted molar refractivity (Wildman–Crippen MR) is 69.0 cm³/mol. The van der Waals surface area contributed by atoms with E-state index in [1.165, 1.54) is 32.2 Å². The molecule has 0 aromatic carbocycles. The Bertz CT molecular complexity index is 251. The molecule has 1 saturated carbocycles. The first-order chi connectivity index (χ1) is 8.24. The SMILES string of the molecule is CN1CCCC(CNC(=O)NC2CCCC2)C1. The van der Waals surface area contributed by atoms with Gasteiger partial charge in [-0.05, 0) is 45.2 Å². The summed E-state index contributed by atoms with van der Waals surface area (Å²) < 4.78 is 0. The van der Waals surface area contributed by atoms with Crippen molar-refractivity contribution in [1.82, 2.24) is 15.5 Å². The monoisotopic (exact) mass is 239 g/mol. The summed E-state index contributed by atoms with van der Waals surface area (Å²) in [5.74, 6) is 0.628. The van der Waals surface area contributed by atoms with Crippen LogP contribution < -0.4 is 10.6 Å². The summed E-state index contributed by atoms with van der Waals surface area (Å²) >= 11 is 0. The van der Waals surface area contributed by atoms with Crippen LogP contribution in [-0.2, 0) is 0 Å². The average Bonchev–Trinajstić information content (AvgIpc) is 2.79. The van der Waals surface area contributed by atoms with E-state index in [-0.39, 0.29) is 6.03 Å². The van der Waals surface area contributed by atoms with Crippen molar-refractivity contribution in [3.8, 4) is 0 Å². The largest absolute Gasteiger partial charge is 0.338 e. The highest BCUT2D eigenvalue weighted by Crippen LogP contribution is 2.17. The van der Waals surface area contributed by atoms with Crippen molar-refractivity contribution in [1.29, 1.82) is 0 Å². The summed E-state index contributed by atoms with van der Waals surface area (Å²) in [6.45, 7) is 3.14. The Balaban J connectivity index is 1.61. The molecule has 17 heavy (non-hydrogen) atoms. The zero-order valence-electron chi connectivity index (χ0n) is 10.9. The lowest BCUT2D eigenvalue weighted by Crippen LogP contribution is -2.45. The Morgan fingerprint density at radius 2 is 2.00 bits per heavy atom. The molecule has 2 aliphatic rings. The third-order valence-electron chi connectivity index (χ3n) is 3.96. The molecule has 0 spiro atoms. The molecular weight excluding hydrogens is 214 g/mol. The first kappa shape index (κ1) is 12.7. The molecule has 2 rings (SSSR count). The van der Waals surface area contributed by atoms with E-state index in [9.17, 15) is 4.79 Å². The van der Waals surface area contributed by atoms with Gasteiger partial charge in [-0.25, -0.2) is 4.79 Å². The van der Waals surface area contributed by atoms with Crippen LogP contribution in [0.2, 0.25) is 0 Å². The summed E-state index contributed by atoms with van der Waals surface area (Å²) in [4.78, 5) is 14.0. The quantitative estimate of drug-likeness (QED) is 0.785. The van der Waals surface area contributed by atoms with E-state index in [1.54, 1.807) is 0 Å². The molecule has 0 aromatic heterocycles. The standard InChI is InChI=1S/C13H25N3O/c1-16-8-4-5-11(10-16)9-14-13(17)15-12-6-2-3-7-12/h11-12H,2-10H2,1H3,(H2,14,15,17). The second kappa shape index (κ2) is 6.24. The minimum absolute atomic E-state index is 0.0325. The van der Waals surface area contributed by atoms with Crippen LogP contribution in [0.25, 0.3) is 0 Å². The maximum absolute atomic E-state index is 11.7. The number of hydrogen-bond donors (Lipinski definition) is 2. The number of rotatable bonds is 3. The van der Waals surface area contributed by atoms with Crippen molar-refractivity contribution in [2.24, 2.45) is 5.92 Å². The zero-order chi connectivity index (χ0) is 12.1. The van der Waals surface area contributed by atoms with Crippen LogP contribution in [0.3, 0.4) is 0 Å². The number of hydrogen-bond acceptors (Lipinski definition) is 2. The molecular formula is C13H25N3O. The maximum Gasteiger partial charge on any atom is 0.315 e. The van der Waals surface area contributed by atoms with Gasteiger partial charge in [0.15, 0.2) is 0 Å². The molecule has 0 radical (unpaired) electrons. The molecule has 1 saturated heterocycles. The first-order valence-electron chi connectivity index (χ1n) is 6.97. The summed E-state index contributed by atoms with van der Waals surface area (Å²) in [5.41, 5.74) is 0. The highest BCUT2D eigenvalue weighted by atomic mass is 16.2. The van der Waals surface area contributed by atoms with Gasteiger partial charge in [-0.3, -0.25) is 0 Å². The van der Waals surface area contributed by atoms with Gasteiger partial charge in [0.05, 0.1) is 0 Å². The maximum atomic E-state index is 11.7. The minimum atomic E-state index is 0.0325. The lowest BCUT2D eigenvalue weighted by molar-refractivity contribution is 0.201. The van der Waals surface area contributed by atoms with E-state index in [0.717, 1.165) is 25.9 Å². The summed E-state index contributed by atoms with van der Waals surface area (Å²) in [6, 6.07) is 0.453. The second-order valence-corrected chi connectivity index (χ2v) is 5.61. The number of carbonyl (C=O) groups excluding carboxylic acids is 1. The van der Waals surface area contributed by atoms with E-state index in [2.05, 4.69) is 22.6 Å². The van der Waals surface area contributed by atoms with Crippen molar-refractivity contribution in [3.63, 3.8) is 0 Å². The van der Waals surface area contributed by atoms with Crippen molar-refractivity contribution in [2.75, 3.05) is 26.7 Å². The predicted octanol–water partition coefficient (Wildman–Crippen LogP) is 1.57. The third-order valence-corrected chi connectivity index (χ3v) is 3.96. The first-order valence-corrected chi connectivity index (χ1v) is 6.97. The number of nitrogens with zero attached hydrogens (tertiary/aromatic N) is 1. The van der Waals surface area contributed by atoms with Crippen LogP contribution in [0.5, 0.6) is 0 Å². The minimum Gasteiger partial charge on any atom is -0.338 e. The van der Waals surface area contributed by atoms with Gasteiger partial charge >= 0.3 is 6.03 Å². The number of carbonyl (C=O) groups is 1.